The van der Waals surface area contributed by atoms with Gasteiger partial charge in [0.05, 0.1) is 24.1 Å². The average molecular weight is 489 g/mol. The van der Waals surface area contributed by atoms with Crippen molar-refractivity contribution in [2.24, 2.45) is 0 Å². The van der Waals surface area contributed by atoms with Crippen LogP contribution in [0.3, 0.4) is 0 Å². The van der Waals surface area contributed by atoms with E-state index in [9.17, 15) is 4.79 Å². The summed E-state index contributed by atoms with van der Waals surface area (Å²) < 4.78 is 7.26. The van der Waals surface area contributed by atoms with Crippen molar-refractivity contribution in [1.82, 2.24) is 9.55 Å². The van der Waals surface area contributed by atoms with Crippen molar-refractivity contribution in [1.29, 1.82) is 0 Å². The standard InChI is InChI=1S/C30H36N2O2S/c1-3-4-5-11-20-35-29-31-27-25-13-8-7-12-22(25)21-30(18-9-6-10-19-30)26(27)28(33)32(29)23-14-16-24(34-2)17-15-23/h7-8,12-17H,3-6,9-11,18-21H2,1-2H3. The van der Waals surface area contributed by atoms with E-state index in [2.05, 4.69) is 31.2 Å². The van der Waals surface area contributed by atoms with Crippen LogP contribution in [0.15, 0.2) is 58.5 Å². The van der Waals surface area contributed by atoms with Crippen LogP contribution in [-0.4, -0.2) is 22.4 Å². The molecule has 35 heavy (non-hydrogen) atoms. The Balaban J connectivity index is 1.68. The van der Waals surface area contributed by atoms with E-state index >= 15 is 0 Å². The Morgan fingerprint density at radius 1 is 1.00 bits per heavy atom. The topological polar surface area (TPSA) is 44.1 Å². The average Bonchev–Trinajstić information content (AvgIpc) is 2.89. The SMILES string of the molecule is CCCCCCSc1nc2c(c(=O)n1-c1ccc(OC)cc1)C1(CCCCC1)Cc1ccccc1-2. The van der Waals surface area contributed by atoms with E-state index in [0.29, 0.717) is 0 Å². The van der Waals surface area contributed by atoms with Crippen LogP contribution in [-0.2, 0) is 11.8 Å². The molecular formula is C30H36N2O2S. The molecule has 1 fully saturated rings. The van der Waals surface area contributed by atoms with Crippen LogP contribution in [0, 0.1) is 0 Å². The van der Waals surface area contributed by atoms with Crippen molar-refractivity contribution in [3.8, 4) is 22.7 Å². The van der Waals surface area contributed by atoms with Gasteiger partial charge in [0, 0.05) is 16.7 Å². The molecule has 0 unspecified atom stereocenters. The van der Waals surface area contributed by atoms with Crippen molar-refractivity contribution in [3.63, 3.8) is 0 Å². The lowest BCUT2D eigenvalue weighted by Crippen LogP contribution is -2.42. The number of unbranched alkanes of at least 4 members (excludes halogenated alkanes) is 3. The fourth-order valence-corrected chi connectivity index (χ4v) is 6.94. The van der Waals surface area contributed by atoms with Crippen molar-refractivity contribution in [2.75, 3.05) is 12.9 Å². The second kappa shape index (κ2) is 10.6. The summed E-state index contributed by atoms with van der Waals surface area (Å²) in [6.45, 7) is 2.23. The fraction of sp³-hybridized carbons (Fsp3) is 0.467. The molecule has 1 heterocycles. The molecule has 0 bridgehead atoms. The van der Waals surface area contributed by atoms with Crippen LogP contribution in [0.2, 0.25) is 0 Å². The van der Waals surface area contributed by atoms with E-state index < -0.39 is 0 Å². The fourth-order valence-electron chi connectivity index (χ4n) is 5.94. The van der Waals surface area contributed by atoms with Crippen molar-refractivity contribution >= 4 is 11.8 Å². The highest BCUT2D eigenvalue weighted by Gasteiger charge is 2.43. The van der Waals surface area contributed by atoms with E-state index in [-0.39, 0.29) is 11.0 Å². The van der Waals surface area contributed by atoms with Gasteiger partial charge in [-0.05, 0) is 55.5 Å². The number of ether oxygens (including phenoxy) is 1. The van der Waals surface area contributed by atoms with Gasteiger partial charge in [0.1, 0.15) is 5.75 Å². The zero-order valence-electron chi connectivity index (χ0n) is 21.0. The van der Waals surface area contributed by atoms with Gasteiger partial charge in [-0.3, -0.25) is 9.36 Å². The van der Waals surface area contributed by atoms with Gasteiger partial charge in [0.15, 0.2) is 5.16 Å². The number of methoxy groups -OCH3 is 1. The first kappa shape index (κ1) is 24.2. The first-order valence-electron chi connectivity index (χ1n) is 13.2. The number of hydrogen-bond donors (Lipinski definition) is 0. The van der Waals surface area contributed by atoms with Crippen molar-refractivity contribution in [3.05, 3.63) is 70.0 Å². The number of rotatable bonds is 8. The van der Waals surface area contributed by atoms with Gasteiger partial charge in [0.2, 0.25) is 0 Å². The van der Waals surface area contributed by atoms with Crippen LogP contribution in [0.25, 0.3) is 16.9 Å². The molecule has 0 N–H and O–H groups in total. The Hall–Kier alpha value is -2.53. The summed E-state index contributed by atoms with van der Waals surface area (Å²) in [5, 5.41) is 0.804. The molecule has 0 radical (unpaired) electrons. The maximum absolute atomic E-state index is 14.5. The number of thioether (sulfide) groups is 1. The third-order valence-electron chi connectivity index (χ3n) is 7.75. The predicted octanol–water partition coefficient (Wildman–Crippen LogP) is 7.34. The molecule has 2 aromatic carbocycles. The molecule has 1 spiro atoms. The summed E-state index contributed by atoms with van der Waals surface area (Å²) in [6.07, 6.45) is 11.5. The monoisotopic (exact) mass is 488 g/mol. The van der Waals surface area contributed by atoms with Gasteiger partial charge in [-0.15, -0.1) is 0 Å². The van der Waals surface area contributed by atoms with E-state index in [4.69, 9.17) is 9.72 Å². The highest BCUT2D eigenvalue weighted by Crippen LogP contribution is 2.49. The molecule has 5 rings (SSSR count). The van der Waals surface area contributed by atoms with E-state index in [1.54, 1.807) is 18.9 Å². The minimum absolute atomic E-state index is 0.107. The minimum Gasteiger partial charge on any atom is -0.497 e. The summed E-state index contributed by atoms with van der Waals surface area (Å²) >= 11 is 1.72. The molecule has 0 amide bonds. The number of hydrogen-bond acceptors (Lipinski definition) is 4. The van der Waals surface area contributed by atoms with Crippen LogP contribution < -0.4 is 10.3 Å². The maximum Gasteiger partial charge on any atom is 0.263 e. The largest absolute Gasteiger partial charge is 0.497 e. The normalized spacial score (nSPS) is 16.1. The second-order valence-electron chi connectivity index (χ2n) is 10.0. The van der Waals surface area contributed by atoms with Gasteiger partial charge in [-0.2, -0.15) is 0 Å². The molecule has 0 saturated heterocycles. The molecule has 5 heteroatoms. The van der Waals surface area contributed by atoms with Crippen LogP contribution in [0.1, 0.15) is 75.8 Å². The predicted molar refractivity (Wildman–Crippen MR) is 145 cm³/mol. The lowest BCUT2D eigenvalue weighted by atomic mass is 9.62. The Bertz CT molecular complexity index is 1230. The van der Waals surface area contributed by atoms with Gasteiger partial charge >= 0.3 is 0 Å². The van der Waals surface area contributed by atoms with Crippen molar-refractivity contribution in [2.45, 2.75) is 81.7 Å². The van der Waals surface area contributed by atoms with Gasteiger partial charge in [0.25, 0.3) is 5.56 Å². The van der Waals surface area contributed by atoms with Crippen LogP contribution in [0.4, 0.5) is 0 Å². The highest BCUT2D eigenvalue weighted by atomic mass is 32.2. The third kappa shape index (κ3) is 4.67. The summed E-state index contributed by atoms with van der Waals surface area (Å²) in [7, 11) is 1.67. The molecule has 0 aliphatic heterocycles. The van der Waals surface area contributed by atoms with Gasteiger partial charge in [-0.25, -0.2) is 4.98 Å². The zero-order chi connectivity index (χ0) is 24.3. The molecular weight excluding hydrogens is 452 g/mol. The van der Waals surface area contributed by atoms with Gasteiger partial charge in [-0.1, -0.05) is 81.5 Å². The lowest BCUT2D eigenvalue weighted by Gasteiger charge is -2.42. The highest BCUT2D eigenvalue weighted by molar-refractivity contribution is 7.99. The lowest BCUT2D eigenvalue weighted by molar-refractivity contribution is 0.283. The first-order valence-corrected chi connectivity index (χ1v) is 14.2. The van der Waals surface area contributed by atoms with E-state index in [1.807, 2.05) is 28.8 Å². The van der Waals surface area contributed by atoms with E-state index in [0.717, 1.165) is 64.9 Å². The summed E-state index contributed by atoms with van der Waals surface area (Å²) in [4.78, 5) is 19.8. The Kier molecular flexibility index (Phi) is 7.33. The third-order valence-corrected chi connectivity index (χ3v) is 8.78. The summed E-state index contributed by atoms with van der Waals surface area (Å²) in [5.74, 6) is 1.76. The second-order valence-corrected chi connectivity index (χ2v) is 11.1. The Morgan fingerprint density at radius 3 is 2.51 bits per heavy atom. The maximum atomic E-state index is 14.5. The molecule has 2 aliphatic carbocycles. The molecule has 2 aliphatic rings. The molecule has 4 nitrogen and oxygen atoms in total. The first-order chi connectivity index (χ1) is 17.2. The molecule has 1 aromatic heterocycles. The minimum atomic E-state index is -0.107. The van der Waals surface area contributed by atoms with Crippen LogP contribution in [0.5, 0.6) is 5.75 Å². The summed E-state index contributed by atoms with van der Waals surface area (Å²) in [5.41, 5.74) is 5.24. The number of aromatic nitrogens is 2. The zero-order valence-corrected chi connectivity index (χ0v) is 21.8. The van der Waals surface area contributed by atoms with Gasteiger partial charge < -0.3 is 4.74 Å². The van der Waals surface area contributed by atoms with E-state index in [1.165, 1.54) is 44.1 Å². The number of benzene rings is 2. The molecule has 1 saturated carbocycles. The summed E-state index contributed by atoms with van der Waals surface area (Å²) in [6, 6.07) is 16.4. The molecule has 3 aromatic rings. The quantitative estimate of drug-likeness (QED) is 0.189. The smallest absolute Gasteiger partial charge is 0.263 e. The number of fused-ring (bicyclic) bond motifs is 4. The number of nitrogens with zero attached hydrogens (tertiary/aromatic N) is 2. The van der Waals surface area contributed by atoms with Crippen LogP contribution >= 0.6 is 11.8 Å². The molecule has 184 valence electrons. The Morgan fingerprint density at radius 2 is 1.77 bits per heavy atom. The Labute approximate surface area is 213 Å². The van der Waals surface area contributed by atoms with Crippen molar-refractivity contribution < 1.29 is 4.74 Å². The molecule has 0 atom stereocenters.